The first-order valence-electron chi connectivity index (χ1n) is 5.27. The van der Waals surface area contributed by atoms with Gasteiger partial charge in [-0.3, -0.25) is 0 Å². The maximum absolute atomic E-state index is 5.79. The lowest BCUT2D eigenvalue weighted by Crippen LogP contribution is -2.02. The molecule has 0 radical (unpaired) electrons. The van der Waals surface area contributed by atoms with Crippen LogP contribution in [0.3, 0.4) is 0 Å². The quantitative estimate of drug-likeness (QED) is 0.801. The summed E-state index contributed by atoms with van der Waals surface area (Å²) < 4.78 is 5.24. The van der Waals surface area contributed by atoms with E-state index in [9.17, 15) is 0 Å². The Morgan fingerprint density at radius 1 is 1.40 bits per heavy atom. The molecule has 0 amide bonds. The van der Waals surface area contributed by atoms with Crippen molar-refractivity contribution in [2.45, 2.75) is 19.8 Å². The van der Waals surface area contributed by atoms with E-state index < -0.39 is 0 Å². The fraction of sp³-hybridized carbons (Fsp3) is 0.385. The van der Waals surface area contributed by atoms with Crippen molar-refractivity contribution in [3.63, 3.8) is 0 Å². The molecule has 0 saturated heterocycles. The molecule has 0 aliphatic heterocycles. The second-order valence-electron chi connectivity index (χ2n) is 4.04. The molecule has 2 nitrogen and oxygen atoms in total. The van der Waals surface area contributed by atoms with Gasteiger partial charge in [0, 0.05) is 12.5 Å². The first kappa shape index (κ1) is 10.2. The average molecular weight is 203 g/mol. The number of ether oxygens (including phenoxy) is 1. The number of nitrogens with two attached hydrogens (primary N) is 1. The van der Waals surface area contributed by atoms with E-state index in [0.29, 0.717) is 12.5 Å². The van der Waals surface area contributed by atoms with Crippen LogP contribution < -0.4 is 10.5 Å². The Bertz CT molecular complexity index is 421. The van der Waals surface area contributed by atoms with Gasteiger partial charge in [0.15, 0.2) is 0 Å². The Morgan fingerprint density at radius 3 is 2.73 bits per heavy atom. The van der Waals surface area contributed by atoms with Crippen LogP contribution in [0.1, 0.15) is 30.9 Å². The molecule has 1 aliphatic carbocycles. The number of rotatable bonds is 2. The minimum absolute atomic E-state index is 0.490. The third-order valence-electron chi connectivity index (χ3n) is 3.38. The van der Waals surface area contributed by atoms with Crippen LogP contribution in [-0.4, -0.2) is 13.7 Å². The van der Waals surface area contributed by atoms with Crippen LogP contribution in [0.2, 0.25) is 0 Å². The molecule has 1 atom stereocenters. The van der Waals surface area contributed by atoms with E-state index in [1.165, 1.54) is 22.3 Å². The Kier molecular flexibility index (Phi) is 2.53. The summed E-state index contributed by atoms with van der Waals surface area (Å²) in [5, 5.41) is 0. The average Bonchev–Trinajstić information content (AvgIpc) is 2.51. The van der Waals surface area contributed by atoms with Gasteiger partial charge in [-0.25, -0.2) is 0 Å². The molecule has 1 aliphatic rings. The van der Waals surface area contributed by atoms with E-state index in [2.05, 4.69) is 26.0 Å². The largest absolute Gasteiger partial charge is 0.497 e. The second kappa shape index (κ2) is 3.70. The van der Waals surface area contributed by atoms with Gasteiger partial charge in [0.25, 0.3) is 0 Å². The molecule has 0 spiro atoms. The van der Waals surface area contributed by atoms with Gasteiger partial charge in [0.05, 0.1) is 7.11 Å². The number of hydrogen-bond donors (Lipinski definition) is 1. The van der Waals surface area contributed by atoms with Crippen LogP contribution in [0.4, 0.5) is 0 Å². The van der Waals surface area contributed by atoms with Crippen LogP contribution in [0.25, 0.3) is 5.57 Å². The summed E-state index contributed by atoms with van der Waals surface area (Å²) in [5.74, 6) is 1.39. The predicted molar refractivity (Wildman–Crippen MR) is 63.1 cm³/mol. The van der Waals surface area contributed by atoms with Crippen molar-refractivity contribution in [2.24, 2.45) is 5.73 Å². The number of allylic oxidation sites excluding steroid dienone is 1. The zero-order valence-electron chi connectivity index (χ0n) is 9.50. The summed E-state index contributed by atoms with van der Waals surface area (Å²) in [7, 11) is 1.69. The van der Waals surface area contributed by atoms with Crippen molar-refractivity contribution in [2.75, 3.05) is 13.7 Å². The molecule has 0 heterocycles. The first-order chi connectivity index (χ1) is 7.19. The van der Waals surface area contributed by atoms with Crippen molar-refractivity contribution < 1.29 is 4.74 Å². The van der Waals surface area contributed by atoms with Crippen molar-refractivity contribution >= 4 is 5.57 Å². The molecule has 1 unspecified atom stereocenters. The highest BCUT2D eigenvalue weighted by Gasteiger charge is 2.24. The Balaban J connectivity index is 2.56. The van der Waals surface area contributed by atoms with E-state index in [4.69, 9.17) is 10.5 Å². The molecule has 2 N–H and O–H groups in total. The highest BCUT2D eigenvalue weighted by atomic mass is 16.5. The third kappa shape index (κ3) is 1.45. The molecule has 0 aromatic heterocycles. The lowest BCUT2D eigenvalue weighted by Gasteiger charge is -2.08. The van der Waals surface area contributed by atoms with Crippen molar-refractivity contribution in [3.8, 4) is 5.75 Å². The molecular weight excluding hydrogens is 186 g/mol. The van der Waals surface area contributed by atoms with Crippen LogP contribution in [0.15, 0.2) is 23.8 Å². The van der Waals surface area contributed by atoms with Crippen LogP contribution in [0, 0.1) is 0 Å². The summed E-state index contributed by atoms with van der Waals surface area (Å²) in [6.45, 7) is 5.00. The van der Waals surface area contributed by atoms with E-state index in [0.717, 1.165) is 5.75 Å². The van der Waals surface area contributed by atoms with E-state index in [1.807, 2.05) is 6.07 Å². The van der Waals surface area contributed by atoms with Crippen LogP contribution in [0.5, 0.6) is 5.75 Å². The van der Waals surface area contributed by atoms with Gasteiger partial charge in [-0.1, -0.05) is 18.6 Å². The normalized spacial score (nSPS) is 19.3. The van der Waals surface area contributed by atoms with Gasteiger partial charge in [-0.2, -0.15) is 0 Å². The van der Waals surface area contributed by atoms with E-state index in [-0.39, 0.29) is 0 Å². The van der Waals surface area contributed by atoms with Gasteiger partial charge < -0.3 is 10.5 Å². The zero-order valence-corrected chi connectivity index (χ0v) is 9.50. The lowest BCUT2D eigenvalue weighted by atomic mass is 9.99. The topological polar surface area (TPSA) is 35.2 Å². The standard InChI is InChI=1S/C13H17NO/c1-8-9(2)13(7-14)12-6-10(15-3)4-5-11(8)12/h4-6,8H,7,14H2,1-3H3. The zero-order chi connectivity index (χ0) is 11.0. The SMILES string of the molecule is COc1ccc2c(c1)C(CN)=C(C)C2C. The Hall–Kier alpha value is -1.28. The minimum atomic E-state index is 0.490. The molecule has 0 bridgehead atoms. The molecule has 2 heteroatoms. The second-order valence-corrected chi connectivity index (χ2v) is 4.04. The van der Waals surface area contributed by atoms with Crippen LogP contribution in [-0.2, 0) is 0 Å². The van der Waals surface area contributed by atoms with Gasteiger partial charge in [-0.15, -0.1) is 0 Å². The van der Waals surface area contributed by atoms with Crippen molar-refractivity contribution in [1.29, 1.82) is 0 Å². The lowest BCUT2D eigenvalue weighted by molar-refractivity contribution is 0.414. The smallest absolute Gasteiger partial charge is 0.119 e. The van der Waals surface area contributed by atoms with Crippen LogP contribution >= 0.6 is 0 Å². The summed E-state index contributed by atoms with van der Waals surface area (Å²) in [6.07, 6.45) is 0. The maximum Gasteiger partial charge on any atom is 0.119 e. The summed E-state index contributed by atoms with van der Waals surface area (Å²) in [5.41, 5.74) is 11.1. The molecule has 15 heavy (non-hydrogen) atoms. The van der Waals surface area contributed by atoms with E-state index >= 15 is 0 Å². The molecule has 0 saturated carbocycles. The summed E-state index contributed by atoms with van der Waals surface area (Å²) in [4.78, 5) is 0. The molecule has 80 valence electrons. The maximum atomic E-state index is 5.79. The minimum Gasteiger partial charge on any atom is -0.497 e. The first-order valence-corrected chi connectivity index (χ1v) is 5.27. The number of hydrogen-bond acceptors (Lipinski definition) is 2. The predicted octanol–water partition coefficient (Wildman–Crippen LogP) is 2.54. The summed E-state index contributed by atoms with van der Waals surface area (Å²) >= 11 is 0. The number of fused-ring (bicyclic) bond motifs is 1. The molecule has 2 rings (SSSR count). The summed E-state index contributed by atoms with van der Waals surface area (Å²) in [6, 6.07) is 6.25. The third-order valence-corrected chi connectivity index (χ3v) is 3.38. The Labute approximate surface area is 90.7 Å². The van der Waals surface area contributed by atoms with Crippen molar-refractivity contribution in [1.82, 2.24) is 0 Å². The molecule has 1 aromatic carbocycles. The fourth-order valence-corrected chi connectivity index (χ4v) is 2.28. The Morgan fingerprint density at radius 2 is 2.13 bits per heavy atom. The monoisotopic (exact) mass is 203 g/mol. The molecule has 0 fully saturated rings. The highest BCUT2D eigenvalue weighted by Crippen LogP contribution is 2.42. The van der Waals surface area contributed by atoms with Gasteiger partial charge in [0.2, 0.25) is 0 Å². The van der Waals surface area contributed by atoms with E-state index in [1.54, 1.807) is 7.11 Å². The van der Waals surface area contributed by atoms with Gasteiger partial charge >= 0.3 is 0 Å². The van der Waals surface area contributed by atoms with Gasteiger partial charge in [-0.05, 0) is 35.8 Å². The number of methoxy groups -OCH3 is 1. The highest BCUT2D eigenvalue weighted by molar-refractivity contribution is 5.79. The molecule has 1 aromatic rings. The van der Waals surface area contributed by atoms with Gasteiger partial charge in [0.1, 0.15) is 5.75 Å². The number of benzene rings is 1. The van der Waals surface area contributed by atoms with Crippen molar-refractivity contribution in [3.05, 3.63) is 34.9 Å². The fourth-order valence-electron chi connectivity index (χ4n) is 2.28. The molecular formula is C13H17NO.